The number of nitrogens with zero attached hydrogens (tertiary/aromatic N) is 5. The molecule has 8 heteroatoms. The van der Waals surface area contributed by atoms with Gasteiger partial charge in [-0.05, 0) is 72.0 Å². The smallest absolute Gasteiger partial charge is 0.252 e. The Kier molecular flexibility index (Phi) is 7.28. The van der Waals surface area contributed by atoms with E-state index in [-0.39, 0.29) is 11.6 Å². The van der Waals surface area contributed by atoms with Crippen LogP contribution < -0.4 is 5.56 Å². The molecule has 0 aliphatic rings. The minimum absolute atomic E-state index is 0.0593. The molecule has 8 nitrogen and oxygen atoms in total. The fourth-order valence-corrected chi connectivity index (χ4v) is 4.93. The second-order valence-corrected chi connectivity index (χ2v) is 9.52. The summed E-state index contributed by atoms with van der Waals surface area (Å²) in [6.45, 7) is 7.92. The van der Waals surface area contributed by atoms with Crippen molar-refractivity contribution in [3.8, 4) is 0 Å². The number of benzene rings is 2. The van der Waals surface area contributed by atoms with Crippen molar-refractivity contribution in [2.45, 2.75) is 52.7 Å². The first kappa shape index (κ1) is 24.6. The zero-order valence-electron chi connectivity index (χ0n) is 21.5. The van der Waals surface area contributed by atoms with Crippen LogP contribution in [0.25, 0.3) is 10.9 Å². The molecular weight excluding hydrogens is 464 g/mol. The maximum Gasteiger partial charge on any atom is 0.252 e. The van der Waals surface area contributed by atoms with Gasteiger partial charge in [-0.2, -0.15) is 0 Å². The fourth-order valence-electron chi connectivity index (χ4n) is 4.93. The lowest BCUT2D eigenvalue weighted by Crippen LogP contribution is -2.34. The molecule has 0 aliphatic carbocycles. The van der Waals surface area contributed by atoms with Gasteiger partial charge in [0.25, 0.3) is 5.56 Å². The lowest BCUT2D eigenvalue weighted by molar-refractivity contribution is 0.172. The average molecular weight is 497 g/mol. The van der Waals surface area contributed by atoms with Gasteiger partial charge in [0.2, 0.25) is 0 Å². The zero-order valence-corrected chi connectivity index (χ0v) is 21.5. The van der Waals surface area contributed by atoms with Crippen molar-refractivity contribution in [2.24, 2.45) is 0 Å². The van der Waals surface area contributed by atoms with Crippen LogP contribution in [0.5, 0.6) is 0 Å². The number of pyridine rings is 1. The van der Waals surface area contributed by atoms with Gasteiger partial charge in [0.05, 0.1) is 17.8 Å². The van der Waals surface area contributed by atoms with E-state index in [2.05, 4.69) is 69.6 Å². The molecule has 0 aliphatic heterocycles. The van der Waals surface area contributed by atoms with Crippen LogP contribution >= 0.6 is 0 Å². The monoisotopic (exact) mass is 496 g/mol. The predicted molar refractivity (Wildman–Crippen MR) is 143 cm³/mol. The van der Waals surface area contributed by atoms with E-state index in [0.29, 0.717) is 13.1 Å². The van der Waals surface area contributed by atoms with Crippen LogP contribution in [0.1, 0.15) is 53.2 Å². The number of H-pyrrole nitrogens is 1. The molecule has 0 radical (unpaired) electrons. The third-order valence-corrected chi connectivity index (χ3v) is 7.00. The summed E-state index contributed by atoms with van der Waals surface area (Å²) in [6, 6.07) is 20.3. The molecule has 2 aromatic carbocycles. The highest BCUT2D eigenvalue weighted by Crippen LogP contribution is 2.26. The maximum absolute atomic E-state index is 13.2. The lowest BCUT2D eigenvalue weighted by Gasteiger charge is -2.30. The molecule has 0 saturated carbocycles. The van der Waals surface area contributed by atoms with Gasteiger partial charge in [-0.1, -0.05) is 49.4 Å². The molecule has 37 heavy (non-hydrogen) atoms. The van der Waals surface area contributed by atoms with Gasteiger partial charge in [-0.15, -0.1) is 5.10 Å². The summed E-state index contributed by atoms with van der Waals surface area (Å²) in [5, 5.41) is 13.7. The number of aromatic amines is 1. The van der Waals surface area contributed by atoms with E-state index >= 15 is 0 Å². The van der Waals surface area contributed by atoms with Crippen molar-refractivity contribution >= 4 is 10.9 Å². The highest BCUT2D eigenvalue weighted by molar-refractivity contribution is 5.85. The number of hydrogen-bond donors (Lipinski definition) is 1. The van der Waals surface area contributed by atoms with Gasteiger partial charge in [-0.25, -0.2) is 4.68 Å². The summed E-state index contributed by atoms with van der Waals surface area (Å²) >= 11 is 0. The van der Waals surface area contributed by atoms with Crippen LogP contribution in [0, 0.1) is 13.8 Å². The Bertz CT molecular complexity index is 1520. The minimum Gasteiger partial charge on any atom is -0.467 e. The Labute approximate surface area is 215 Å². The standard InChI is InChI=1S/C29H32N6O2/c1-4-26(28-31-32-33-35(28)19-24-11-8-16-37-24)34(15-14-22-9-6-5-7-10-22)18-23-17-25-20(2)12-13-21(3)27(25)30-29(23)36/h5-13,16-17,26H,4,14-15,18-19H2,1-3H3,(H,30,36)/t26-/m1/s1. The van der Waals surface area contributed by atoms with Crippen LogP contribution in [0.3, 0.4) is 0 Å². The van der Waals surface area contributed by atoms with Crippen molar-refractivity contribution in [3.05, 3.63) is 111 Å². The number of hydrogen-bond acceptors (Lipinski definition) is 6. The van der Waals surface area contributed by atoms with Crippen molar-refractivity contribution in [1.82, 2.24) is 30.1 Å². The van der Waals surface area contributed by atoms with E-state index in [9.17, 15) is 4.79 Å². The van der Waals surface area contributed by atoms with E-state index in [0.717, 1.165) is 58.6 Å². The summed E-state index contributed by atoms with van der Waals surface area (Å²) in [6.07, 6.45) is 3.29. The Balaban J connectivity index is 1.50. The van der Waals surface area contributed by atoms with Gasteiger partial charge < -0.3 is 9.40 Å². The van der Waals surface area contributed by atoms with E-state index in [4.69, 9.17) is 4.42 Å². The van der Waals surface area contributed by atoms with Crippen LogP contribution in [0.2, 0.25) is 0 Å². The van der Waals surface area contributed by atoms with Crippen molar-refractivity contribution in [1.29, 1.82) is 0 Å². The minimum atomic E-state index is -0.0811. The molecule has 1 atom stereocenters. The molecule has 5 aromatic rings. The normalized spacial score (nSPS) is 12.4. The van der Waals surface area contributed by atoms with E-state index in [1.165, 1.54) is 5.56 Å². The molecule has 0 fully saturated rings. The van der Waals surface area contributed by atoms with Crippen LogP contribution in [-0.4, -0.2) is 36.6 Å². The predicted octanol–water partition coefficient (Wildman–Crippen LogP) is 4.97. The van der Waals surface area contributed by atoms with E-state index in [1.54, 1.807) is 10.9 Å². The molecule has 3 aromatic heterocycles. The Morgan fingerprint density at radius 1 is 1.05 bits per heavy atom. The maximum atomic E-state index is 13.2. The Morgan fingerprint density at radius 2 is 1.86 bits per heavy atom. The molecule has 0 saturated heterocycles. The molecule has 190 valence electrons. The number of aryl methyl sites for hydroxylation is 2. The van der Waals surface area contributed by atoms with E-state index < -0.39 is 0 Å². The van der Waals surface area contributed by atoms with Gasteiger partial charge in [-0.3, -0.25) is 9.69 Å². The van der Waals surface area contributed by atoms with Gasteiger partial charge in [0.1, 0.15) is 12.3 Å². The second-order valence-electron chi connectivity index (χ2n) is 9.52. The topological polar surface area (TPSA) is 92.8 Å². The Morgan fingerprint density at radius 3 is 2.62 bits per heavy atom. The summed E-state index contributed by atoms with van der Waals surface area (Å²) in [5.41, 5.74) is 5.03. The van der Waals surface area contributed by atoms with Crippen LogP contribution in [0.4, 0.5) is 0 Å². The lowest BCUT2D eigenvalue weighted by atomic mass is 10.0. The summed E-state index contributed by atoms with van der Waals surface area (Å²) < 4.78 is 7.33. The number of rotatable bonds is 10. The SMILES string of the molecule is CC[C@H](c1nnnn1Cc1ccco1)N(CCc1ccccc1)Cc1cc2c(C)ccc(C)c2[nH]c1=O. The number of aromatic nitrogens is 5. The molecule has 0 unspecified atom stereocenters. The first-order chi connectivity index (χ1) is 18.0. The number of fused-ring (bicyclic) bond motifs is 1. The highest BCUT2D eigenvalue weighted by atomic mass is 16.3. The number of tetrazole rings is 1. The quantitative estimate of drug-likeness (QED) is 0.294. The third kappa shape index (κ3) is 5.39. The molecule has 1 N–H and O–H groups in total. The first-order valence-electron chi connectivity index (χ1n) is 12.7. The largest absolute Gasteiger partial charge is 0.467 e. The van der Waals surface area contributed by atoms with Gasteiger partial charge in [0.15, 0.2) is 5.82 Å². The molecule has 0 amide bonds. The first-order valence-corrected chi connectivity index (χ1v) is 12.7. The average Bonchev–Trinajstić information content (AvgIpc) is 3.59. The van der Waals surface area contributed by atoms with E-state index in [1.807, 2.05) is 37.3 Å². The Hall–Kier alpha value is -4.04. The summed E-state index contributed by atoms with van der Waals surface area (Å²) in [7, 11) is 0. The molecule has 0 spiro atoms. The van der Waals surface area contributed by atoms with Gasteiger partial charge >= 0.3 is 0 Å². The second kappa shape index (κ2) is 10.9. The fraction of sp³-hybridized carbons (Fsp3) is 0.310. The van der Waals surface area contributed by atoms with Crippen LogP contribution in [0.15, 0.2) is 76.1 Å². The zero-order chi connectivity index (χ0) is 25.8. The van der Waals surface area contributed by atoms with Gasteiger partial charge in [0, 0.05) is 24.0 Å². The third-order valence-electron chi connectivity index (χ3n) is 7.00. The van der Waals surface area contributed by atoms with Crippen molar-refractivity contribution < 1.29 is 4.42 Å². The number of nitrogens with one attached hydrogen (secondary N) is 1. The van der Waals surface area contributed by atoms with Crippen molar-refractivity contribution in [2.75, 3.05) is 6.54 Å². The van der Waals surface area contributed by atoms with Crippen molar-refractivity contribution in [3.63, 3.8) is 0 Å². The molecule has 0 bridgehead atoms. The molecule has 3 heterocycles. The highest BCUT2D eigenvalue weighted by Gasteiger charge is 2.26. The summed E-state index contributed by atoms with van der Waals surface area (Å²) in [4.78, 5) is 18.7. The number of furan rings is 1. The molecule has 5 rings (SSSR count). The summed E-state index contributed by atoms with van der Waals surface area (Å²) in [5.74, 6) is 1.55. The van der Waals surface area contributed by atoms with Crippen LogP contribution in [-0.2, 0) is 19.5 Å². The molecular formula is C29H32N6O2.